The van der Waals surface area contributed by atoms with E-state index in [-0.39, 0.29) is 5.91 Å². The molecule has 0 aliphatic carbocycles. The fourth-order valence-electron chi connectivity index (χ4n) is 4.50. The molecule has 1 fully saturated rings. The highest BCUT2D eigenvalue weighted by atomic mass is 79.9. The van der Waals surface area contributed by atoms with Gasteiger partial charge in [0.25, 0.3) is 0 Å². The highest BCUT2D eigenvalue weighted by Crippen LogP contribution is 2.45. The topological polar surface area (TPSA) is 55.6 Å². The number of carbonyl (C=O) groups is 1. The van der Waals surface area contributed by atoms with Crippen LogP contribution in [0.5, 0.6) is 5.75 Å². The highest BCUT2D eigenvalue weighted by Gasteiger charge is 2.45. The number of fused-ring (bicyclic) bond motifs is 2. The van der Waals surface area contributed by atoms with E-state index in [9.17, 15) is 4.79 Å². The van der Waals surface area contributed by atoms with Gasteiger partial charge in [0, 0.05) is 10.0 Å². The molecule has 1 amide bonds. The molecule has 4 nitrogen and oxygen atoms in total. The summed E-state index contributed by atoms with van der Waals surface area (Å²) in [6, 6.07) is 14.0. The summed E-state index contributed by atoms with van der Waals surface area (Å²) in [6.07, 6.45) is 4.42. The van der Waals surface area contributed by atoms with E-state index in [1.54, 1.807) is 0 Å². The van der Waals surface area contributed by atoms with Crippen molar-refractivity contribution < 1.29 is 9.53 Å². The predicted octanol–water partition coefficient (Wildman–Crippen LogP) is 3.99. The molecule has 1 unspecified atom stereocenters. The van der Waals surface area contributed by atoms with Gasteiger partial charge in [-0.15, -0.1) is 0 Å². The SMILES string of the molecule is NC(=O)C1(CCN2CCCCC2)c2ccccc2COc2cc(Br)ccc21. The van der Waals surface area contributed by atoms with Crippen molar-refractivity contribution in [2.45, 2.75) is 37.7 Å². The Hall–Kier alpha value is -1.85. The Morgan fingerprint density at radius 3 is 2.67 bits per heavy atom. The largest absolute Gasteiger partial charge is 0.489 e. The van der Waals surface area contributed by atoms with Crippen molar-refractivity contribution in [3.8, 4) is 5.75 Å². The Bertz CT molecular complexity index is 848. The number of piperidine rings is 1. The number of likely N-dealkylation sites (tertiary alicyclic amines) is 1. The molecule has 1 saturated heterocycles. The first-order valence-electron chi connectivity index (χ1n) is 9.65. The molecular formula is C22H25BrN2O2. The van der Waals surface area contributed by atoms with Gasteiger partial charge in [0.1, 0.15) is 17.8 Å². The van der Waals surface area contributed by atoms with Gasteiger partial charge in [0.15, 0.2) is 0 Å². The first-order valence-corrected chi connectivity index (χ1v) is 10.4. The van der Waals surface area contributed by atoms with E-state index in [1.165, 1.54) is 19.3 Å². The van der Waals surface area contributed by atoms with Gasteiger partial charge in [-0.3, -0.25) is 4.79 Å². The fourth-order valence-corrected chi connectivity index (χ4v) is 4.84. The molecule has 5 heteroatoms. The molecule has 2 aromatic rings. The number of hydrogen-bond donors (Lipinski definition) is 1. The number of ether oxygens (including phenoxy) is 1. The molecule has 27 heavy (non-hydrogen) atoms. The van der Waals surface area contributed by atoms with Crippen LogP contribution < -0.4 is 10.5 Å². The molecule has 1 atom stereocenters. The second kappa shape index (κ2) is 7.64. The maximum atomic E-state index is 13.0. The summed E-state index contributed by atoms with van der Waals surface area (Å²) in [5.41, 5.74) is 8.14. The predicted molar refractivity (Wildman–Crippen MR) is 110 cm³/mol. The van der Waals surface area contributed by atoms with Gasteiger partial charge >= 0.3 is 0 Å². The molecule has 2 N–H and O–H groups in total. The molecular weight excluding hydrogens is 404 g/mol. The quantitative estimate of drug-likeness (QED) is 0.800. The third-order valence-corrected chi connectivity index (χ3v) is 6.43. The number of hydrogen-bond acceptors (Lipinski definition) is 3. The number of primary amides is 1. The van der Waals surface area contributed by atoms with Crippen molar-refractivity contribution in [2.24, 2.45) is 5.73 Å². The van der Waals surface area contributed by atoms with Crippen molar-refractivity contribution >= 4 is 21.8 Å². The Morgan fingerprint density at radius 1 is 1.11 bits per heavy atom. The Kier molecular flexibility index (Phi) is 5.24. The maximum absolute atomic E-state index is 13.0. The van der Waals surface area contributed by atoms with Crippen molar-refractivity contribution in [2.75, 3.05) is 19.6 Å². The van der Waals surface area contributed by atoms with Gasteiger partial charge in [-0.25, -0.2) is 0 Å². The molecule has 4 rings (SSSR count). The first kappa shape index (κ1) is 18.5. The zero-order valence-electron chi connectivity index (χ0n) is 15.4. The molecule has 0 radical (unpaired) electrons. The monoisotopic (exact) mass is 428 g/mol. The lowest BCUT2D eigenvalue weighted by atomic mass is 9.69. The molecule has 0 bridgehead atoms. The van der Waals surface area contributed by atoms with Gasteiger partial charge in [0.2, 0.25) is 5.91 Å². The van der Waals surface area contributed by atoms with E-state index in [2.05, 4.69) is 20.8 Å². The summed E-state index contributed by atoms with van der Waals surface area (Å²) in [6.45, 7) is 3.49. The maximum Gasteiger partial charge on any atom is 0.232 e. The summed E-state index contributed by atoms with van der Waals surface area (Å²) >= 11 is 3.52. The number of rotatable bonds is 4. The zero-order valence-corrected chi connectivity index (χ0v) is 17.0. The molecule has 142 valence electrons. The molecule has 0 saturated carbocycles. The van der Waals surface area contributed by atoms with Crippen LogP contribution >= 0.6 is 15.9 Å². The lowest BCUT2D eigenvalue weighted by Crippen LogP contribution is -2.45. The van der Waals surface area contributed by atoms with Gasteiger partial charge in [0.05, 0.1) is 0 Å². The molecule has 2 aromatic carbocycles. The van der Waals surface area contributed by atoms with Crippen LogP contribution in [-0.4, -0.2) is 30.4 Å². The Balaban J connectivity index is 1.83. The van der Waals surface area contributed by atoms with E-state index < -0.39 is 5.41 Å². The fraction of sp³-hybridized carbons (Fsp3) is 0.409. The number of halogens is 1. The normalized spacial score (nSPS) is 22.3. The van der Waals surface area contributed by atoms with Gasteiger partial charge in [-0.05, 0) is 62.2 Å². The van der Waals surface area contributed by atoms with Crippen LogP contribution in [0.4, 0.5) is 0 Å². The lowest BCUT2D eigenvalue weighted by molar-refractivity contribution is -0.122. The second-order valence-corrected chi connectivity index (χ2v) is 8.42. The summed E-state index contributed by atoms with van der Waals surface area (Å²) in [7, 11) is 0. The number of carbonyl (C=O) groups excluding carboxylic acids is 1. The van der Waals surface area contributed by atoms with E-state index in [0.29, 0.717) is 13.0 Å². The van der Waals surface area contributed by atoms with Crippen LogP contribution in [0.15, 0.2) is 46.9 Å². The number of nitrogens with zero attached hydrogens (tertiary/aromatic N) is 1. The summed E-state index contributed by atoms with van der Waals surface area (Å²) < 4.78 is 7.03. The summed E-state index contributed by atoms with van der Waals surface area (Å²) in [4.78, 5) is 15.5. The van der Waals surface area contributed by atoms with Crippen LogP contribution in [0.3, 0.4) is 0 Å². The smallest absolute Gasteiger partial charge is 0.232 e. The van der Waals surface area contributed by atoms with E-state index in [0.717, 1.165) is 46.5 Å². The van der Waals surface area contributed by atoms with Gasteiger partial charge in [-0.1, -0.05) is 52.7 Å². The number of benzene rings is 2. The molecule has 0 aromatic heterocycles. The zero-order chi connectivity index (χ0) is 18.9. The third-order valence-electron chi connectivity index (χ3n) is 5.94. The minimum Gasteiger partial charge on any atom is -0.489 e. The lowest BCUT2D eigenvalue weighted by Gasteiger charge is -2.35. The molecule has 2 aliphatic heterocycles. The molecule has 2 heterocycles. The molecule has 0 spiro atoms. The second-order valence-electron chi connectivity index (χ2n) is 7.51. The average Bonchev–Trinajstić information content (AvgIpc) is 2.82. The third kappa shape index (κ3) is 3.39. The van der Waals surface area contributed by atoms with Crippen LogP contribution in [0.2, 0.25) is 0 Å². The summed E-state index contributed by atoms with van der Waals surface area (Å²) in [5, 5.41) is 0. The Labute approximate surface area is 168 Å². The van der Waals surface area contributed by atoms with E-state index >= 15 is 0 Å². The van der Waals surface area contributed by atoms with E-state index in [4.69, 9.17) is 10.5 Å². The highest BCUT2D eigenvalue weighted by molar-refractivity contribution is 9.10. The van der Waals surface area contributed by atoms with E-state index in [1.807, 2.05) is 42.5 Å². The minimum atomic E-state index is -0.874. The Morgan fingerprint density at radius 2 is 1.89 bits per heavy atom. The average molecular weight is 429 g/mol. The van der Waals surface area contributed by atoms with Crippen LogP contribution in [0.25, 0.3) is 0 Å². The van der Waals surface area contributed by atoms with Crippen LogP contribution in [-0.2, 0) is 16.8 Å². The number of nitrogens with two attached hydrogens (primary N) is 1. The van der Waals surface area contributed by atoms with Crippen LogP contribution in [0, 0.1) is 0 Å². The first-order chi connectivity index (χ1) is 13.1. The van der Waals surface area contributed by atoms with Crippen molar-refractivity contribution in [1.82, 2.24) is 4.90 Å². The van der Waals surface area contributed by atoms with Gasteiger partial charge in [-0.2, -0.15) is 0 Å². The van der Waals surface area contributed by atoms with Crippen molar-refractivity contribution in [3.63, 3.8) is 0 Å². The van der Waals surface area contributed by atoms with Gasteiger partial charge < -0.3 is 15.4 Å². The van der Waals surface area contributed by atoms with Crippen molar-refractivity contribution in [1.29, 1.82) is 0 Å². The standard InChI is InChI=1S/C22H25BrN2O2/c23-17-8-9-19-20(14-17)27-15-16-6-2-3-7-18(16)22(19,21(24)26)10-13-25-11-4-1-5-12-25/h2-3,6-9,14H,1,4-5,10-13,15H2,(H2,24,26). The minimum absolute atomic E-state index is 0.305. The van der Waals surface area contributed by atoms with Crippen LogP contribution in [0.1, 0.15) is 42.4 Å². The van der Waals surface area contributed by atoms with Crippen molar-refractivity contribution in [3.05, 3.63) is 63.6 Å². The number of amides is 1. The molecule has 2 aliphatic rings. The summed E-state index contributed by atoms with van der Waals surface area (Å²) in [5.74, 6) is 0.430.